The highest BCUT2D eigenvalue weighted by molar-refractivity contribution is 6.06. The zero-order valence-corrected chi connectivity index (χ0v) is 7.78. The summed E-state index contributed by atoms with van der Waals surface area (Å²) in [5.74, 6) is 0.763. The summed E-state index contributed by atoms with van der Waals surface area (Å²) in [5.41, 5.74) is 1.57. The summed E-state index contributed by atoms with van der Waals surface area (Å²) in [6.07, 6.45) is 2.62. The van der Waals surface area contributed by atoms with Crippen LogP contribution in [0, 0.1) is 0 Å². The molecule has 0 N–H and O–H groups in total. The lowest BCUT2D eigenvalue weighted by atomic mass is 10.1. The maximum Gasteiger partial charge on any atom is 0.150 e. The molecular weight excluding hydrogens is 164 g/mol. The lowest BCUT2D eigenvalue weighted by Gasteiger charge is -2.02. The van der Waals surface area contributed by atoms with Crippen molar-refractivity contribution in [1.82, 2.24) is 0 Å². The van der Waals surface area contributed by atoms with Gasteiger partial charge < -0.3 is 4.74 Å². The quantitative estimate of drug-likeness (QED) is 0.521. The van der Waals surface area contributed by atoms with Crippen LogP contribution in [-0.4, -0.2) is 13.4 Å². The second-order valence-electron chi connectivity index (χ2n) is 2.59. The summed E-state index contributed by atoms with van der Waals surface area (Å²) < 4.78 is 5.05. The average Bonchev–Trinajstić information content (AvgIpc) is 2.20. The topological polar surface area (TPSA) is 26.3 Å². The second kappa shape index (κ2) is 4.45. The maximum absolute atomic E-state index is 10.6. The molecule has 0 atom stereocenters. The van der Waals surface area contributed by atoms with E-state index in [0.717, 1.165) is 17.6 Å². The van der Waals surface area contributed by atoms with Crippen molar-refractivity contribution >= 4 is 11.9 Å². The molecule has 0 aliphatic heterocycles. The number of rotatable bonds is 3. The van der Waals surface area contributed by atoms with E-state index in [1.54, 1.807) is 13.2 Å². The van der Waals surface area contributed by atoms with Crippen molar-refractivity contribution in [3.63, 3.8) is 0 Å². The Morgan fingerprint density at radius 3 is 2.77 bits per heavy atom. The third-order valence-electron chi connectivity index (χ3n) is 1.84. The Hall–Kier alpha value is -1.57. The number of hydrogen-bond acceptors (Lipinski definition) is 2. The summed E-state index contributed by atoms with van der Waals surface area (Å²) in [7, 11) is 1.61. The minimum atomic E-state index is 0.680. The molecule has 0 radical (unpaired) electrons. The van der Waals surface area contributed by atoms with E-state index in [1.165, 1.54) is 0 Å². The summed E-state index contributed by atoms with van der Waals surface area (Å²) in [4.78, 5) is 10.6. The molecule has 0 fully saturated rings. The van der Waals surface area contributed by atoms with Crippen molar-refractivity contribution in [3.8, 4) is 5.75 Å². The molecule has 68 valence electrons. The van der Waals surface area contributed by atoms with Gasteiger partial charge in [0.25, 0.3) is 0 Å². The minimum absolute atomic E-state index is 0.680. The van der Waals surface area contributed by atoms with Crippen LogP contribution in [0.5, 0.6) is 5.75 Å². The first-order valence-corrected chi connectivity index (χ1v) is 4.07. The SMILES string of the molecule is C/C=C(/C=O)c1cccc(OC)c1. The summed E-state index contributed by atoms with van der Waals surface area (Å²) >= 11 is 0. The van der Waals surface area contributed by atoms with Crippen molar-refractivity contribution in [2.45, 2.75) is 6.92 Å². The van der Waals surface area contributed by atoms with Gasteiger partial charge in [-0.05, 0) is 24.6 Å². The standard InChI is InChI=1S/C11H12O2/c1-3-9(8-12)10-5-4-6-11(7-10)13-2/h3-8H,1-2H3/b9-3-. The number of benzene rings is 1. The van der Waals surface area contributed by atoms with Gasteiger partial charge in [-0.1, -0.05) is 18.2 Å². The van der Waals surface area contributed by atoms with Gasteiger partial charge in [0, 0.05) is 5.57 Å². The molecule has 0 heterocycles. The lowest BCUT2D eigenvalue weighted by molar-refractivity contribution is -0.103. The van der Waals surface area contributed by atoms with Gasteiger partial charge >= 0.3 is 0 Å². The molecule has 0 aromatic heterocycles. The number of carbonyl (C=O) groups is 1. The molecule has 13 heavy (non-hydrogen) atoms. The van der Waals surface area contributed by atoms with E-state index < -0.39 is 0 Å². The van der Waals surface area contributed by atoms with E-state index in [2.05, 4.69) is 0 Å². The monoisotopic (exact) mass is 176 g/mol. The van der Waals surface area contributed by atoms with Gasteiger partial charge in [0.05, 0.1) is 7.11 Å². The molecule has 0 saturated carbocycles. The van der Waals surface area contributed by atoms with Gasteiger partial charge in [-0.15, -0.1) is 0 Å². The highest BCUT2D eigenvalue weighted by atomic mass is 16.5. The van der Waals surface area contributed by atoms with Gasteiger partial charge in [-0.2, -0.15) is 0 Å². The van der Waals surface area contributed by atoms with Crippen molar-refractivity contribution < 1.29 is 9.53 Å². The number of ether oxygens (including phenoxy) is 1. The number of allylic oxidation sites excluding steroid dienone is 2. The molecular formula is C11H12O2. The predicted molar refractivity (Wildman–Crippen MR) is 52.7 cm³/mol. The van der Waals surface area contributed by atoms with Crippen LogP contribution in [0.15, 0.2) is 30.3 Å². The molecule has 1 aromatic carbocycles. The Bertz CT molecular complexity index is 327. The number of hydrogen-bond donors (Lipinski definition) is 0. The van der Waals surface area contributed by atoms with Gasteiger partial charge in [0.1, 0.15) is 12.0 Å². The van der Waals surface area contributed by atoms with E-state index in [1.807, 2.05) is 31.2 Å². The van der Waals surface area contributed by atoms with Crippen molar-refractivity contribution in [2.75, 3.05) is 7.11 Å². The molecule has 1 rings (SSSR count). The molecule has 0 unspecified atom stereocenters. The maximum atomic E-state index is 10.6. The molecule has 0 aliphatic carbocycles. The predicted octanol–water partition coefficient (Wildman–Crippen LogP) is 2.30. The second-order valence-corrected chi connectivity index (χ2v) is 2.59. The van der Waals surface area contributed by atoms with Crippen LogP contribution in [0.2, 0.25) is 0 Å². The molecule has 0 aliphatic rings. The fourth-order valence-electron chi connectivity index (χ4n) is 1.11. The highest BCUT2D eigenvalue weighted by Gasteiger charge is 1.99. The van der Waals surface area contributed by atoms with E-state index in [-0.39, 0.29) is 0 Å². The van der Waals surface area contributed by atoms with E-state index >= 15 is 0 Å². The molecule has 0 bridgehead atoms. The smallest absolute Gasteiger partial charge is 0.150 e. The van der Waals surface area contributed by atoms with Crippen LogP contribution >= 0.6 is 0 Å². The Balaban J connectivity index is 3.07. The van der Waals surface area contributed by atoms with Gasteiger partial charge in [-0.3, -0.25) is 4.79 Å². The van der Waals surface area contributed by atoms with Crippen LogP contribution in [0.25, 0.3) is 5.57 Å². The Morgan fingerprint density at radius 1 is 1.46 bits per heavy atom. The van der Waals surface area contributed by atoms with Gasteiger partial charge in [0.15, 0.2) is 0 Å². The fraction of sp³-hybridized carbons (Fsp3) is 0.182. The summed E-state index contributed by atoms with van der Waals surface area (Å²) in [5, 5.41) is 0. The van der Waals surface area contributed by atoms with Crippen LogP contribution < -0.4 is 4.74 Å². The van der Waals surface area contributed by atoms with Crippen molar-refractivity contribution in [2.24, 2.45) is 0 Å². The summed E-state index contributed by atoms with van der Waals surface area (Å²) in [6.45, 7) is 1.84. The van der Waals surface area contributed by atoms with E-state index in [9.17, 15) is 4.79 Å². The van der Waals surface area contributed by atoms with Gasteiger partial charge in [-0.25, -0.2) is 0 Å². The van der Waals surface area contributed by atoms with Gasteiger partial charge in [0.2, 0.25) is 0 Å². The molecule has 0 spiro atoms. The Morgan fingerprint density at radius 2 is 2.23 bits per heavy atom. The number of carbonyl (C=O) groups excluding carboxylic acids is 1. The molecule has 0 amide bonds. The highest BCUT2D eigenvalue weighted by Crippen LogP contribution is 2.18. The van der Waals surface area contributed by atoms with Crippen LogP contribution in [-0.2, 0) is 4.79 Å². The van der Waals surface area contributed by atoms with Crippen molar-refractivity contribution in [3.05, 3.63) is 35.9 Å². The first-order chi connectivity index (χ1) is 6.31. The third kappa shape index (κ3) is 2.18. The molecule has 1 aromatic rings. The number of aldehydes is 1. The third-order valence-corrected chi connectivity index (χ3v) is 1.84. The Labute approximate surface area is 77.8 Å². The molecule has 0 saturated heterocycles. The van der Waals surface area contributed by atoms with E-state index in [0.29, 0.717) is 5.57 Å². The normalized spacial score (nSPS) is 11.1. The first kappa shape index (κ1) is 9.52. The lowest BCUT2D eigenvalue weighted by Crippen LogP contribution is -1.87. The van der Waals surface area contributed by atoms with Crippen LogP contribution in [0.3, 0.4) is 0 Å². The minimum Gasteiger partial charge on any atom is -0.497 e. The molecule has 2 nitrogen and oxygen atoms in total. The van der Waals surface area contributed by atoms with Crippen LogP contribution in [0.4, 0.5) is 0 Å². The fourth-order valence-corrected chi connectivity index (χ4v) is 1.11. The van der Waals surface area contributed by atoms with E-state index in [4.69, 9.17) is 4.74 Å². The largest absolute Gasteiger partial charge is 0.497 e. The van der Waals surface area contributed by atoms with Crippen molar-refractivity contribution in [1.29, 1.82) is 0 Å². The van der Waals surface area contributed by atoms with Crippen LogP contribution in [0.1, 0.15) is 12.5 Å². The molecule has 2 heteroatoms. The number of methoxy groups -OCH3 is 1. The zero-order chi connectivity index (χ0) is 9.68. The first-order valence-electron chi connectivity index (χ1n) is 4.07. The Kier molecular flexibility index (Phi) is 3.26. The average molecular weight is 176 g/mol. The summed E-state index contributed by atoms with van der Waals surface area (Å²) in [6, 6.07) is 7.43. The zero-order valence-electron chi connectivity index (χ0n) is 7.78.